The summed E-state index contributed by atoms with van der Waals surface area (Å²) in [7, 11) is 0. The molecule has 0 N–H and O–H groups in total. The summed E-state index contributed by atoms with van der Waals surface area (Å²) in [5.41, 5.74) is 0. The number of rotatable bonds is 10. The Morgan fingerprint density at radius 1 is 0.875 bits per heavy atom. The molecule has 0 saturated carbocycles. The van der Waals surface area contributed by atoms with E-state index < -0.39 is 0 Å². The van der Waals surface area contributed by atoms with Gasteiger partial charge in [0.2, 0.25) is 0 Å². The lowest BCUT2D eigenvalue weighted by Gasteiger charge is -2.22. The zero-order valence-electron chi connectivity index (χ0n) is 11.5. The van der Waals surface area contributed by atoms with Gasteiger partial charge in [-0.25, -0.2) is 0 Å². The fourth-order valence-corrected chi connectivity index (χ4v) is 1.80. The van der Waals surface area contributed by atoms with Crippen LogP contribution in [-0.2, 0) is 4.79 Å². The third-order valence-electron chi connectivity index (χ3n) is 3.07. The van der Waals surface area contributed by atoms with Crippen molar-refractivity contribution in [3.05, 3.63) is 0 Å². The number of hydrogen-bond acceptors (Lipinski definition) is 3. The van der Waals surface area contributed by atoms with Crippen LogP contribution in [0.1, 0.15) is 40.5 Å². The normalized spacial score (nSPS) is 11.4. The van der Waals surface area contributed by atoms with Crippen molar-refractivity contribution in [2.24, 2.45) is 0 Å². The van der Waals surface area contributed by atoms with E-state index in [1.54, 1.807) is 6.92 Å². The third kappa shape index (κ3) is 7.83. The van der Waals surface area contributed by atoms with E-state index in [0.29, 0.717) is 12.2 Å². The van der Waals surface area contributed by atoms with Crippen molar-refractivity contribution in [2.45, 2.75) is 40.5 Å². The lowest BCUT2D eigenvalue weighted by atomic mass is 10.2. The molecule has 0 rings (SSSR count). The molecule has 0 fully saturated rings. The fourth-order valence-electron chi connectivity index (χ4n) is 1.80. The highest BCUT2D eigenvalue weighted by molar-refractivity contribution is 5.75. The van der Waals surface area contributed by atoms with Crippen molar-refractivity contribution in [3.63, 3.8) is 0 Å². The van der Waals surface area contributed by atoms with Gasteiger partial charge in [0.05, 0.1) is 0 Å². The highest BCUT2D eigenvalue weighted by Gasteiger charge is 2.05. The summed E-state index contributed by atoms with van der Waals surface area (Å²) in [6, 6.07) is 0. The maximum atomic E-state index is 10.9. The van der Waals surface area contributed by atoms with Crippen LogP contribution in [0.3, 0.4) is 0 Å². The molecule has 16 heavy (non-hydrogen) atoms. The molecule has 0 atom stereocenters. The van der Waals surface area contributed by atoms with Gasteiger partial charge in [-0.1, -0.05) is 20.8 Å². The van der Waals surface area contributed by atoms with Gasteiger partial charge in [0.1, 0.15) is 5.78 Å². The van der Waals surface area contributed by atoms with Crippen LogP contribution in [0, 0.1) is 0 Å². The molecule has 0 heterocycles. The second-order valence-corrected chi connectivity index (χ2v) is 4.27. The summed E-state index contributed by atoms with van der Waals surface area (Å²) in [5, 5.41) is 0. The second-order valence-electron chi connectivity index (χ2n) is 4.27. The molecular weight excluding hydrogens is 200 g/mol. The summed E-state index contributed by atoms with van der Waals surface area (Å²) in [5.74, 6) is 0.294. The maximum absolute atomic E-state index is 10.9. The SMILES string of the molecule is CCN(CC)CCCN(CC)CCC(C)=O. The summed E-state index contributed by atoms with van der Waals surface area (Å²) in [4.78, 5) is 15.7. The minimum atomic E-state index is 0.294. The van der Waals surface area contributed by atoms with Crippen molar-refractivity contribution in [1.82, 2.24) is 9.80 Å². The Morgan fingerprint density at radius 2 is 1.38 bits per heavy atom. The van der Waals surface area contributed by atoms with E-state index >= 15 is 0 Å². The molecule has 0 spiro atoms. The molecule has 0 aliphatic heterocycles. The van der Waals surface area contributed by atoms with Crippen molar-refractivity contribution in [3.8, 4) is 0 Å². The third-order valence-corrected chi connectivity index (χ3v) is 3.07. The van der Waals surface area contributed by atoms with E-state index in [-0.39, 0.29) is 0 Å². The van der Waals surface area contributed by atoms with Crippen molar-refractivity contribution < 1.29 is 4.79 Å². The fraction of sp³-hybridized carbons (Fsp3) is 0.923. The van der Waals surface area contributed by atoms with Crippen LogP contribution in [0.2, 0.25) is 0 Å². The number of carbonyl (C=O) groups excluding carboxylic acids is 1. The van der Waals surface area contributed by atoms with Gasteiger partial charge in [0.15, 0.2) is 0 Å². The molecular formula is C13H28N2O. The Hall–Kier alpha value is -0.410. The molecule has 0 aliphatic rings. The average Bonchev–Trinajstić information content (AvgIpc) is 2.28. The van der Waals surface area contributed by atoms with E-state index in [1.807, 2.05) is 0 Å². The van der Waals surface area contributed by atoms with Crippen LogP contribution in [0.15, 0.2) is 0 Å². The topological polar surface area (TPSA) is 23.6 Å². The number of Topliss-reactive ketones (excluding diaryl/α,β-unsaturated/α-hetero) is 1. The minimum absolute atomic E-state index is 0.294. The first-order valence-corrected chi connectivity index (χ1v) is 6.58. The van der Waals surface area contributed by atoms with Gasteiger partial charge >= 0.3 is 0 Å². The number of nitrogens with zero attached hydrogens (tertiary/aromatic N) is 2. The van der Waals surface area contributed by atoms with Crippen molar-refractivity contribution >= 4 is 5.78 Å². The Bertz CT molecular complexity index is 179. The monoisotopic (exact) mass is 228 g/mol. The molecule has 3 heteroatoms. The van der Waals surface area contributed by atoms with Crippen LogP contribution in [0.5, 0.6) is 0 Å². The molecule has 0 aliphatic carbocycles. The molecule has 0 bridgehead atoms. The molecule has 0 aromatic carbocycles. The van der Waals surface area contributed by atoms with Gasteiger partial charge in [0, 0.05) is 13.0 Å². The smallest absolute Gasteiger partial charge is 0.131 e. The van der Waals surface area contributed by atoms with Gasteiger partial charge in [-0.2, -0.15) is 0 Å². The van der Waals surface area contributed by atoms with Crippen LogP contribution in [0.25, 0.3) is 0 Å². The molecule has 0 radical (unpaired) electrons. The van der Waals surface area contributed by atoms with Crippen LogP contribution >= 0.6 is 0 Å². The summed E-state index contributed by atoms with van der Waals surface area (Å²) >= 11 is 0. The molecule has 96 valence electrons. The largest absolute Gasteiger partial charge is 0.304 e. The standard InChI is InChI=1S/C13H28N2O/c1-5-14(6-2)10-8-11-15(7-3)12-9-13(4)16/h5-12H2,1-4H3. The van der Waals surface area contributed by atoms with Gasteiger partial charge < -0.3 is 9.80 Å². The maximum Gasteiger partial charge on any atom is 0.131 e. The predicted molar refractivity (Wildman–Crippen MR) is 69.8 cm³/mol. The molecule has 0 saturated heterocycles. The van der Waals surface area contributed by atoms with Crippen LogP contribution in [0.4, 0.5) is 0 Å². The lowest BCUT2D eigenvalue weighted by molar-refractivity contribution is -0.117. The van der Waals surface area contributed by atoms with E-state index in [9.17, 15) is 4.79 Å². The Morgan fingerprint density at radius 3 is 1.81 bits per heavy atom. The molecule has 3 nitrogen and oxygen atoms in total. The van der Waals surface area contributed by atoms with Crippen LogP contribution < -0.4 is 0 Å². The predicted octanol–water partition coefficient (Wildman–Crippen LogP) is 2.02. The first-order chi connectivity index (χ1) is 7.63. The van der Waals surface area contributed by atoms with E-state index in [1.165, 1.54) is 13.0 Å². The van der Waals surface area contributed by atoms with Gasteiger partial charge in [-0.15, -0.1) is 0 Å². The van der Waals surface area contributed by atoms with E-state index in [2.05, 4.69) is 30.6 Å². The highest BCUT2D eigenvalue weighted by Crippen LogP contribution is 1.97. The quantitative estimate of drug-likeness (QED) is 0.571. The first kappa shape index (κ1) is 15.6. The molecule has 0 unspecified atom stereocenters. The minimum Gasteiger partial charge on any atom is -0.304 e. The lowest BCUT2D eigenvalue weighted by Crippen LogP contribution is -2.31. The van der Waals surface area contributed by atoms with E-state index in [4.69, 9.17) is 0 Å². The van der Waals surface area contributed by atoms with Gasteiger partial charge in [0.25, 0.3) is 0 Å². The number of hydrogen-bond donors (Lipinski definition) is 0. The molecule has 0 aromatic rings. The summed E-state index contributed by atoms with van der Waals surface area (Å²) in [6.07, 6.45) is 1.90. The van der Waals surface area contributed by atoms with Gasteiger partial charge in [-0.3, -0.25) is 4.79 Å². The highest BCUT2D eigenvalue weighted by atomic mass is 16.1. The van der Waals surface area contributed by atoms with Crippen molar-refractivity contribution in [1.29, 1.82) is 0 Å². The van der Waals surface area contributed by atoms with Crippen LogP contribution in [-0.4, -0.2) is 54.9 Å². The Labute approximate surface area is 101 Å². The second kappa shape index (κ2) is 9.79. The Kier molecular flexibility index (Phi) is 9.54. The first-order valence-electron chi connectivity index (χ1n) is 6.58. The molecule has 0 amide bonds. The number of ketones is 1. The average molecular weight is 228 g/mol. The summed E-state index contributed by atoms with van der Waals surface area (Å²) < 4.78 is 0. The summed E-state index contributed by atoms with van der Waals surface area (Å²) in [6.45, 7) is 14.8. The van der Waals surface area contributed by atoms with Gasteiger partial charge in [-0.05, 0) is 46.1 Å². The van der Waals surface area contributed by atoms with E-state index in [0.717, 1.165) is 32.7 Å². The Balaban J connectivity index is 3.65. The number of carbonyl (C=O) groups is 1. The zero-order chi connectivity index (χ0) is 12.4. The molecule has 0 aromatic heterocycles. The zero-order valence-corrected chi connectivity index (χ0v) is 11.5. The van der Waals surface area contributed by atoms with Crippen molar-refractivity contribution in [2.75, 3.05) is 39.3 Å².